The van der Waals surface area contributed by atoms with Crippen LogP contribution in [0.15, 0.2) is 27.6 Å². The average Bonchev–Trinajstić information content (AvgIpc) is 3.01. The molecule has 1 fully saturated rings. The van der Waals surface area contributed by atoms with Gasteiger partial charge in [0.2, 0.25) is 0 Å². The summed E-state index contributed by atoms with van der Waals surface area (Å²) in [7, 11) is 0. The van der Waals surface area contributed by atoms with E-state index in [-0.39, 0.29) is 28.3 Å². The van der Waals surface area contributed by atoms with Gasteiger partial charge in [-0.2, -0.15) is 0 Å². The smallest absolute Gasteiger partial charge is 0.326 e. The van der Waals surface area contributed by atoms with Gasteiger partial charge in [-0.3, -0.25) is 19.3 Å². The molecule has 1 saturated heterocycles. The number of halogens is 1. The number of hydrogen-bond acceptors (Lipinski definition) is 6. The highest BCUT2D eigenvalue weighted by atomic mass is 79.9. The van der Waals surface area contributed by atoms with Gasteiger partial charge in [0, 0.05) is 16.6 Å². The number of nitrogens with zero attached hydrogens (tertiary/aromatic N) is 2. The second-order valence-corrected chi connectivity index (χ2v) is 8.04. The summed E-state index contributed by atoms with van der Waals surface area (Å²) in [6.07, 6.45) is 0. The van der Waals surface area contributed by atoms with E-state index >= 15 is 0 Å². The van der Waals surface area contributed by atoms with Gasteiger partial charge in [-0.05, 0) is 32.0 Å². The van der Waals surface area contributed by atoms with Crippen molar-refractivity contribution in [1.82, 2.24) is 4.90 Å². The number of carbonyl (C=O) groups is 3. The van der Waals surface area contributed by atoms with E-state index in [0.717, 1.165) is 21.9 Å². The summed E-state index contributed by atoms with van der Waals surface area (Å²) in [5.74, 6) is -1.22. The highest BCUT2D eigenvalue weighted by molar-refractivity contribution is 9.10. The fourth-order valence-corrected chi connectivity index (χ4v) is 4.55. The van der Waals surface area contributed by atoms with Crippen molar-refractivity contribution in [1.29, 1.82) is 0 Å². The van der Waals surface area contributed by atoms with E-state index in [1.807, 2.05) is 25.1 Å². The molecule has 2 aliphatic heterocycles. The third-order valence-corrected chi connectivity index (χ3v) is 5.90. The van der Waals surface area contributed by atoms with Crippen LogP contribution in [0.3, 0.4) is 0 Å². The van der Waals surface area contributed by atoms with Crippen molar-refractivity contribution in [2.75, 3.05) is 24.6 Å². The molecule has 2 aliphatic rings. The van der Waals surface area contributed by atoms with Gasteiger partial charge >= 0.3 is 5.97 Å². The van der Waals surface area contributed by atoms with Crippen molar-refractivity contribution < 1.29 is 19.1 Å². The molecule has 0 unspecified atom stereocenters. The van der Waals surface area contributed by atoms with Gasteiger partial charge in [0.1, 0.15) is 10.9 Å². The Morgan fingerprint density at radius 3 is 2.62 bits per heavy atom. The monoisotopic (exact) mass is 454 g/mol. The van der Waals surface area contributed by atoms with Crippen LogP contribution in [0.5, 0.6) is 0 Å². The van der Waals surface area contributed by atoms with Crippen LogP contribution in [-0.4, -0.2) is 46.7 Å². The average molecular weight is 455 g/mol. The summed E-state index contributed by atoms with van der Waals surface area (Å²) in [5.41, 5.74) is 1.76. The van der Waals surface area contributed by atoms with Gasteiger partial charge in [-0.25, -0.2) is 0 Å². The predicted molar refractivity (Wildman–Crippen MR) is 108 cm³/mol. The molecule has 0 aliphatic carbocycles. The van der Waals surface area contributed by atoms with E-state index in [2.05, 4.69) is 15.9 Å². The van der Waals surface area contributed by atoms with E-state index in [9.17, 15) is 14.4 Å². The molecule has 3 rings (SSSR count). The first-order valence-corrected chi connectivity index (χ1v) is 9.96. The summed E-state index contributed by atoms with van der Waals surface area (Å²) in [6, 6.07) is 5.51. The van der Waals surface area contributed by atoms with Crippen molar-refractivity contribution in [3.63, 3.8) is 0 Å². The molecular formula is C17H15BrN2O4S2. The van der Waals surface area contributed by atoms with E-state index in [4.69, 9.17) is 17.0 Å². The third-order valence-electron chi connectivity index (χ3n) is 3.96. The number of carbonyl (C=O) groups excluding carboxylic acids is 3. The molecule has 1 aromatic rings. The summed E-state index contributed by atoms with van der Waals surface area (Å²) in [6.45, 7) is 4.01. The van der Waals surface area contributed by atoms with Gasteiger partial charge < -0.3 is 9.64 Å². The third kappa shape index (κ3) is 3.19. The van der Waals surface area contributed by atoms with Crippen LogP contribution in [0.4, 0.5) is 5.69 Å². The zero-order valence-electron chi connectivity index (χ0n) is 14.1. The number of hydrogen-bond donors (Lipinski definition) is 0. The Hall–Kier alpha value is -1.71. The van der Waals surface area contributed by atoms with Crippen molar-refractivity contribution in [2.45, 2.75) is 13.8 Å². The van der Waals surface area contributed by atoms with Crippen molar-refractivity contribution >= 4 is 73.3 Å². The largest absolute Gasteiger partial charge is 0.465 e. The molecule has 0 N–H and O–H groups in total. The maximum Gasteiger partial charge on any atom is 0.326 e. The molecule has 0 aromatic heterocycles. The van der Waals surface area contributed by atoms with Crippen LogP contribution in [0.2, 0.25) is 0 Å². The number of esters is 1. The van der Waals surface area contributed by atoms with Gasteiger partial charge in [0.15, 0.2) is 0 Å². The molecule has 136 valence electrons. The maximum absolute atomic E-state index is 12.9. The lowest BCUT2D eigenvalue weighted by molar-refractivity contribution is -0.145. The number of thiocarbonyl (C=S) groups is 1. The van der Waals surface area contributed by atoms with Crippen LogP contribution in [-0.2, 0) is 19.1 Å². The molecule has 0 spiro atoms. The van der Waals surface area contributed by atoms with E-state index in [0.29, 0.717) is 17.7 Å². The van der Waals surface area contributed by atoms with Crippen molar-refractivity contribution in [3.8, 4) is 0 Å². The highest BCUT2D eigenvalue weighted by Crippen LogP contribution is 2.45. The Kier molecular flexibility index (Phi) is 5.50. The van der Waals surface area contributed by atoms with Crippen LogP contribution >= 0.6 is 39.9 Å². The molecular weight excluding hydrogens is 440 g/mol. The number of anilines is 1. The first-order valence-electron chi connectivity index (χ1n) is 7.94. The molecule has 2 heterocycles. The zero-order valence-corrected chi connectivity index (χ0v) is 17.3. The van der Waals surface area contributed by atoms with Crippen LogP contribution < -0.4 is 4.90 Å². The molecule has 0 saturated carbocycles. The normalized spacial score (nSPS) is 19.4. The van der Waals surface area contributed by atoms with E-state index < -0.39 is 11.9 Å². The molecule has 26 heavy (non-hydrogen) atoms. The number of ether oxygens (including phenoxy) is 1. The molecule has 0 atom stereocenters. The Bertz CT molecular complexity index is 868. The Labute approximate surface area is 168 Å². The number of fused-ring (bicyclic) bond motifs is 1. The van der Waals surface area contributed by atoms with Crippen LogP contribution in [0, 0.1) is 0 Å². The standard InChI is InChI=1S/C17H15BrN2O4S2/c1-3-19-11-6-5-9(18)7-10(11)13(15(19)22)14-16(23)20(17(25)26-14)8-12(21)24-4-2/h5-7H,3-4,8H2,1-2H3/b14-13+. The Morgan fingerprint density at radius 2 is 1.96 bits per heavy atom. The lowest BCUT2D eigenvalue weighted by atomic mass is 10.1. The number of likely N-dealkylation sites (N-methyl/N-ethyl adjacent to an activating group) is 1. The van der Waals surface area contributed by atoms with E-state index in [1.54, 1.807) is 11.8 Å². The fourth-order valence-electron chi connectivity index (χ4n) is 2.86. The summed E-state index contributed by atoms with van der Waals surface area (Å²) >= 11 is 9.70. The van der Waals surface area contributed by atoms with Crippen molar-refractivity contribution in [3.05, 3.63) is 33.1 Å². The first kappa shape index (κ1) is 19.1. The highest BCUT2D eigenvalue weighted by Gasteiger charge is 2.42. The van der Waals surface area contributed by atoms with Gasteiger partial charge in [-0.1, -0.05) is 39.9 Å². The fraction of sp³-hybridized carbons (Fsp3) is 0.294. The zero-order chi connectivity index (χ0) is 19.0. The quantitative estimate of drug-likeness (QED) is 0.395. The lowest BCUT2D eigenvalue weighted by Crippen LogP contribution is -2.34. The first-order chi connectivity index (χ1) is 12.4. The van der Waals surface area contributed by atoms with Crippen LogP contribution in [0.25, 0.3) is 5.57 Å². The minimum Gasteiger partial charge on any atom is -0.465 e. The summed E-state index contributed by atoms with van der Waals surface area (Å²) in [4.78, 5) is 40.5. The van der Waals surface area contributed by atoms with E-state index in [1.165, 1.54) is 4.90 Å². The predicted octanol–water partition coefficient (Wildman–Crippen LogP) is 2.95. The second kappa shape index (κ2) is 7.50. The second-order valence-electron chi connectivity index (χ2n) is 5.48. The molecule has 2 amide bonds. The number of amides is 2. The Morgan fingerprint density at radius 1 is 1.23 bits per heavy atom. The minimum atomic E-state index is -0.536. The van der Waals surface area contributed by atoms with Gasteiger partial charge in [0.25, 0.3) is 11.8 Å². The maximum atomic E-state index is 12.9. The summed E-state index contributed by atoms with van der Waals surface area (Å²) < 4.78 is 5.94. The number of rotatable bonds is 4. The number of thioether (sulfide) groups is 1. The molecule has 9 heteroatoms. The molecule has 0 bridgehead atoms. The molecule has 0 radical (unpaired) electrons. The number of benzene rings is 1. The SMILES string of the molecule is CCOC(=O)CN1C(=O)/C(=C2\C(=O)N(CC)c3ccc(Br)cc32)SC1=S. The Balaban J connectivity index is 2.04. The topological polar surface area (TPSA) is 66.9 Å². The molecule has 6 nitrogen and oxygen atoms in total. The minimum absolute atomic E-state index is 0.222. The van der Waals surface area contributed by atoms with Gasteiger partial charge in [0.05, 0.1) is 22.8 Å². The van der Waals surface area contributed by atoms with Gasteiger partial charge in [-0.15, -0.1) is 0 Å². The van der Waals surface area contributed by atoms with Crippen LogP contribution in [0.1, 0.15) is 19.4 Å². The lowest BCUT2D eigenvalue weighted by Gasteiger charge is -2.14. The van der Waals surface area contributed by atoms with Crippen molar-refractivity contribution in [2.24, 2.45) is 0 Å². The summed E-state index contributed by atoms with van der Waals surface area (Å²) in [5, 5.41) is 0. The molecule has 1 aromatic carbocycles.